The third-order valence-electron chi connectivity index (χ3n) is 7.37. The van der Waals surface area contributed by atoms with E-state index in [1.165, 1.54) is 0 Å². The molecule has 8 rings (SSSR count). The van der Waals surface area contributed by atoms with Crippen LogP contribution in [0.3, 0.4) is 0 Å². The van der Waals surface area contributed by atoms with Crippen molar-refractivity contribution >= 4 is 44.0 Å². The van der Waals surface area contributed by atoms with Crippen molar-refractivity contribution in [3.8, 4) is 33.8 Å². The molecular formula is C35H22N2O2. The number of hydrogen-bond donors (Lipinski definition) is 0. The normalized spacial score (nSPS) is 11.7. The number of furan rings is 2. The molecule has 8 aromatic rings. The molecule has 0 bridgehead atoms. The largest absolute Gasteiger partial charge is 0.455 e. The molecule has 184 valence electrons. The van der Waals surface area contributed by atoms with Gasteiger partial charge in [0.15, 0.2) is 5.82 Å². The standard InChI is InChI=1S/C35H22N2O2/c1-21-9-6-12-24(19-21)34-36-32(31-28-14-3-5-18-30(28)39-35(31)37-34)23-11-7-10-22(20-23)25-15-8-16-27-26-13-2-4-17-29(26)38-33(25)27/h2-20H,1H3. The van der Waals surface area contributed by atoms with Crippen molar-refractivity contribution in [3.05, 3.63) is 121 Å². The number of benzene rings is 5. The molecule has 0 saturated carbocycles. The molecule has 3 heterocycles. The molecular weight excluding hydrogens is 480 g/mol. The zero-order valence-corrected chi connectivity index (χ0v) is 21.2. The Hall–Kier alpha value is -5.22. The molecule has 4 nitrogen and oxygen atoms in total. The van der Waals surface area contributed by atoms with Gasteiger partial charge >= 0.3 is 0 Å². The maximum atomic E-state index is 6.35. The molecule has 0 N–H and O–H groups in total. The van der Waals surface area contributed by atoms with Crippen LogP contribution in [-0.2, 0) is 0 Å². The molecule has 0 aliphatic rings. The van der Waals surface area contributed by atoms with E-state index in [-0.39, 0.29) is 0 Å². The molecule has 0 unspecified atom stereocenters. The Kier molecular flexibility index (Phi) is 4.70. The Bertz CT molecular complexity index is 2200. The van der Waals surface area contributed by atoms with Gasteiger partial charge in [-0.15, -0.1) is 0 Å². The summed E-state index contributed by atoms with van der Waals surface area (Å²) in [6, 6.07) is 39.3. The fraction of sp³-hybridized carbons (Fsp3) is 0.0286. The SMILES string of the molecule is Cc1cccc(-c2nc(-c3cccc(-c4cccc5c4oc4ccccc45)c3)c3c(n2)oc2ccccc23)c1. The summed E-state index contributed by atoms with van der Waals surface area (Å²) in [6.45, 7) is 2.08. The smallest absolute Gasteiger partial charge is 0.231 e. The van der Waals surface area contributed by atoms with Crippen LogP contribution < -0.4 is 0 Å². The first-order valence-electron chi connectivity index (χ1n) is 13.0. The molecule has 5 aromatic carbocycles. The summed E-state index contributed by atoms with van der Waals surface area (Å²) in [6.07, 6.45) is 0. The highest BCUT2D eigenvalue weighted by molar-refractivity contribution is 6.12. The van der Waals surface area contributed by atoms with Crippen LogP contribution in [0.25, 0.3) is 77.8 Å². The van der Waals surface area contributed by atoms with Crippen LogP contribution >= 0.6 is 0 Å². The number of nitrogens with zero attached hydrogens (tertiary/aromatic N) is 2. The quantitative estimate of drug-likeness (QED) is 0.241. The van der Waals surface area contributed by atoms with Crippen LogP contribution in [0, 0.1) is 6.92 Å². The van der Waals surface area contributed by atoms with Crippen molar-refractivity contribution in [1.82, 2.24) is 9.97 Å². The Morgan fingerprint density at radius 2 is 1.23 bits per heavy atom. The van der Waals surface area contributed by atoms with Crippen molar-refractivity contribution < 1.29 is 8.83 Å². The van der Waals surface area contributed by atoms with Gasteiger partial charge in [-0.1, -0.05) is 96.6 Å². The third-order valence-corrected chi connectivity index (χ3v) is 7.37. The molecule has 39 heavy (non-hydrogen) atoms. The van der Waals surface area contributed by atoms with E-state index in [0.29, 0.717) is 11.5 Å². The maximum Gasteiger partial charge on any atom is 0.231 e. The van der Waals surface area contributed by atoms with Gasteiger partial charge in [-0.25, -0.2) is 4.98 Å². The molecule has 0 aliphatic carbocycles. The van der Waals surface area contributed by atoms with Crippen molar-refractivity contribution in [3.63, 3.8) is 0 Å². The lowest BCUT2D eigenvalue weighted by atomic mass is 9.98. The first kappa shape index (κ1) is 21.8. The summed E-state index contributed by atoms with van der Waals surface area (Å²) < 4.78 is 12.6. The number of aromatic nitrogens is 2. The average molecular weight is 503 g/mol. The second-order valence-electron chi connectivity index (χ2n) is 9.90. The predicted octanol–water partition coefficient (Wildman–Crippen LogP) is 9.58. The first-order valence-corrected chi connectivity index (χ1v) is 13.0. The summed E-state index contributed by atoms with van der Waals surface area (Å²) >= 11 is 0. The summed E-state index contributed by atoms with van der Waals surface area (Å²) in [4.78, 5) is 10.0. The number of hydrogen-bond acceptors (Lipinski definition) is 4. The summed E-state index contributed by atoms with van der Waals surface area (Å²) in [7, 11) is 0. The minimum Gasteiger partial charge on any atom is -0.455 e. The van der Waals surface area contributed by atoms with Gasteiger partial charge in [-0.2, -0.15) is 4.98 Å². The van der Waals surface area contributed by atoms with E-state index in [4.69, 9.17) is 18.8 Å². The van der Waals surface area contributed by atoms with Crippen molar-refractivity contribution in [1.29, 1.82) is 0 Å². The topological polar surface area (TPSA) is 52.1 Å². The van der Waals surface area contributed by atoms with Gasteiger partial charge in [0, 0.05) is 32.8 Å². The Labute approximate surface area is 224 Å². The summed E-state index contributed by atoms with van der Waals surface area (Å²) in [5, 5.41) is 4.15. The van der Waals surface area contributed by atoms with E-state index in [1.807, 2.05) is 48.5 Å². The van der Waals surface area contributed by atoms with Gasteiger partial charge in [0.05, 0.1) is 11.1 Å². The zero-order chi connectivity index (χ0) is 25.9. The maximum absolute atomic E-state index is 6.35. The van der Waals surface area contributed by atoms with Gasteiger partial charge < -0.3 is 8.83 Å². The molecule has 0 atom stereocenters. The van der Waals surface area contributed by atoms with E-state index in [2.05, 4.69) is 73.7 Å². The predicted molar refractivity (Wildman–Crippen MR) is 158 cm³/mol. The van der Waals surface area contributed by atoms with Crippen LogP contribution in [0.2, 0.25) is 0 Å². The summed E-state index contributed by atoms with van der Waals surface area (Å²) in [5.41, 5.74) is 9.23. The Morgan fingerprint density at radius 3 is 2.10 bits per heavy atom. The van der Waals surface area contributed by atoms with E-state index in [1.54, 1.807) is 0 Å². The fourth-order valence-corrected chi connectivity index (χ4v) is 5.55. The Balaban J connectivity index is 1.39. The van der Waals surface area contributed by atoms with Crippen LogP contribution in [0.1, 0.15) is 5.56 Å². The van der Waals surface area contributed by atoms with Crippen molar-refractivity contribution in [2.24, 2.45) is 0 Å². The monoisotopic (exact) mass is 502 g/mol. The molecule has 4 heteroatoms. The van der Waals surface area contributed by atoms with E-state index >= 15 is 0 Å². The lowest BCUT2D eigenvalue weighted by Crippen LogP contribution is -1.94. The lowest BCUT2D eigenvalue weighted by Gasteiger charge is -2.09. The zero-order valence-electron chi connectivity index (χ0n) is 21.2. The van der Waals surface area contributed by atoms with Crippen LogP contribution in [0.15, 0.2) is 124 Å². The second-order valence-corrected chi connectivity index (χ2v) is 9.90. The summed E-state index contributed by atoms with van der Waals surface area (Å²) in [5.74, 6) is 0.644. The second kappa shape index (κ2) is 8.40. The number of para-hydroxylation sites is 3. The fourth-order valence-electron chi connectivity index (χ4n) is 5.55. The highest BCUT2D eigenvalue weighted by Gasteiger charge is 2.19. The minimum atomic E-state index is 0.586. The van der Waals surface area contributed by atoms with E-state index < -0.39 is 0 Å². The van der Waals surface area contributed by atoms with Crippen LogP contribution in [-0.4, -0.2) is 9.97 Å². The minimum absolute atomic E-state index is 0.586. The molecule has 0 saturated heterocycles. The molecule has 0 fully saturated rings. The van der Waals surface area contributed by atoms with Crippen molar-refractivity contribution in [2.75, 3.05) is 0 Å². The third kappa shape index (κ3) is 3.46. The van der Waals surface area contributed by atoms with Crippen LogP contribution in [0.4, 0.5) is 0 Å². The van der Waals surface area contributed by atoms with E-state index in [0.717, 1.165) is 71.8 Å². The van der Waals surface area contributed by atoms with Gasteiger partial charge in [-0.3, -0.25) is 0 Å². The Morgan fingerprint density at radius 1 is 0.538 bits per heavy atom. The van der Waals surface area contributed by atoms with Gasteiger partial charge in [0.2, 0.25) is 5.71 Å². The van der Waals surface area contributed by atoms with Gasteiger partial charge in [-0.05, 0) is 36.8 Å². The van der Waals surface area contributed by atoms with Crippen LogP contribution in [0.5, 0.6) is 0 Å². The average Bonchev–Trinajstić information content (AvgIpc) is 3.55. The molecule has 0 amide bonds. The lowest BCUT2D eigenvalue weighted by molar-refractivity contribution is 0.653. The van der Waals surface area contributed by atoms with E-state index in [9.17, 15) is 0 Å². The highest BCUT2D eigenvalue weighted by atomic mass is 16.3. The highest BCUT2D eigenvalue weighted by Crippen LogP contribution is 2.39. The molecule has 3 aromatic heterocycles. The van der Waals surface area contributed by atoms with Gasteiger partial charge in [0.25, 0.3) is 0 Å². The number of rotatable bonds is 3. The number of fused-ring (bicyclic) bond motifs is 6. The first-order chi connectivity index (χ1) is 19.2. The van der Waals surface area contributed by atoms with Crippen molar-refractivity contribution in [2.45, 2.75) is 6.92 Å². The molecule has 0 spiro atoms. The van der Waals surface area contributed by atoms with Gasteiger partial charge in [0.1, 0.15) is 16.7 Å². The number of aryl methyl sites for hydroxylation is 1. The molecule has 0 aliphatic heterocycles. The molecule has 0 radical (unpaired) electrons.